The van der Waals surface area contributed by atoms with E-state index in [1.807, 2.05) is 6.07 Å². The molecule has 5 nitrogen and oxygen atoms in total. The second-order valence-electron chi connectivity index (χ2n) is 3.55. The van der Waals surface area contributed by atoms with Crippen LogP contribution in [0.15, 0.2) is 47.7 Å². The van der Waals surface area contributed by atoms with Crippen LogP contribution in [-0.2, 0) is 6.54 Å². The van der Waals surface area contributed by atoms with Crippen molar-refractivity contribution in [2.75, 3.05) is 0 Å². The van der Waals surface area contributed by atoms with Crippen LogP contribution in [0.3, 0.4) is 0 Å². The summed E-state index contributed by atoms with van der Waals surface area (Å²) in [5, 5.41) is 8.84. The first kappa shape index (κ1) is 11.1. The summed E-state index contributed by atoms with van der Waals surface area (Å²) in [5.41, 5.74) is 0.699. The molecule has 0 atom stereocenters. The van der Waals surface area contributed by atoms with Crippen molar-refractivity contribution in [2.45, 2.75) is 6.54 Å². The highest BCUT2D eigenvalue weighted by Gasteiger charge is 2.05. The Kier molecular flexibility index (Phi) is 3.00. The minimum atomic E-state index is -1.05. The Morgan fingerprint density at radius 3 is 2.82 bits per heavy atom. The third-order valence-electron chi connectivity index (χ3n) is 2.31. The molecule has 2 rings (SSSR count). The lowest BCUT2D eigenvalue weighted by Gasteiger charge is -2.05. The highest BCUT2D eigenvalue weighted by Crippen LogP contribution is 2.01. The number of pyridine rings is 2. The summed E-state index contributed by atoms with van der Waals surface area (Å²) in [6, 6.07) is 6.14. The Balaban J connectivity index is 2.36. The summed E-state index contributed by atoms with van der Waals surface area (Å²) < 4.78 is 1.35. The molecule has 0 aliphatic rings. The van der Waals surface area contributed by atoms with Crippen molar-refractivity contribution in [3.8, 4) is 0 Å². The number of hydrogen-bond acceptors (Lipinski definition) is 3. The molecule has 0 saturated heterocycles. The molecule has 0 radical (unpaired) electrons. The van der Waals surface area contributed by atoms with Gasteiger partial charge in [0, 0.05) is 24.7 Å². The number of carbonyl (C=O) groups is 1. The van der Waals surface area contributed by atoms with Crippen LogP contribution in [0.25, 0.3) is 0 Å². The van der Waals surface area contributed by atoms with Gasteiger partial charge in [-0.1, -0.05) is 6.07 Å². The SMILES string of the molecule is O=C(O)c1ccc(=O)n(Cc2cccnc2)c1. The number of aromatic carboxylic acids is 1. The molecule has 0 aromatic carbocycles. The number of carboxylic acid groups (broad SMARTS) is 1. The molecule has 2 aromatic heterocycles. The lowest BCUT2D eigenvalue weighted by molar-refractivity contribution is 0.0696. The van der Waals surface area contributed by atoms with Crippen molar-refractivity contribution < 1.29 is 9.90 Å². The Morgan fingerprint density at radius 2 is 2.18 bits per heavy atom. The number of hydrogen-bond donors (Lipinski definition) is 1. The molecule has 17 heavy (non-hydrogen) atoms. The molecule has 0 saturated carbocycles. The minimum Gasteiger partial charge on any atom is -0.478 e. The first-order valence-electron chi connectivity index (χ1n) is 4.99. The zero-order chi connectivity index (χ0) is 12.3. The first-order chi connectivity index (χ1) is 8.16. The second kappa shape index (κ2) is 4.61. The quantitative estimate of drug-likeness (QED) is 0.853. The summed E-state index contributed by atoms with van der Waals surface area (Å²) in [6.07, 6.45) is 4.61. The van der Waals surface area contributed by atoms with Crippen molar-refractivity contribution in [1.82, 2.24) is 9.55 Å². The monoisotopic (exact) mass is 230 g/mol. The van der Waals surface area contributed by atoms with Gasteiger partial charge in [0.15, 0.2) is 0 Å². The molecule has 0 fully saturated rings. The Labute approximate surface area is 97.0 Å². The molecule has 5 heteroatoms. The predicted octanol–water partition coefficient (Wildman–Crippen LogP) is 0.990. The summed E-state index contributed by atoms with van der Waals surface area (Å²) in [4.78, 5) is 26.3. The van der Waals surface area contributed by atoms with E-state index in [1.54, 1.807) is 18.5 Å². The summed E-state index contributed by atoms with van der Waals surface area (Å²) in [7, 11) is 0. The second-order valence-corrected chi connectivity index (χ2v) is 3.55. The van der Waals surface area contributed by atoms with Gasteiger partial charge in [0.1, 0.15) is 0 Å². The smallest absolute Gasteiger partial charge is 0.337 e. The van der Waals surface area contributed by atoms with Gasteiger partial charge in [-0.15, -0.1) is 0 Å². The molecular formula is C12H10N2O3. The van der Waals surface area contributed by atoms with E-state index in [4.69, 9.17) is 5.11 Å². The van der Waals surface area contributed by atoms with Gasteiger partial charge in [-0.25, -0.2) is 4.79 Å². The van der Waals surface area contributed by atoms with E-state index in [0.29, 0.717) is 6.54 Å². The average molecular weight is 230 g/mol. The van der Waals surface area contributed by atoms with Crippen LogP contribution in [0.5, 0.6) is 0 Å². The van der Waals surface area contributed by atoms with E-state index in [-0.39, 0.29) is 11.1 Å². The van der Waals surface area contributed by atoms with Gasteiger partial charge in [0.05, 0.1) is 12.1 Å². The number of aromatic nitrogens is 2. The molecule has 0 spiro atoms. The predicted molar refractivity (Wildman–Crippen MR) is 61.0 cm³/mol. The van der Waals surface area contributed by atoms with E-state index >= 15 is 0 Å². The van der Waals surface area contributed by atoms with Crippen LogP contribution in [-0.4, -0.2) is 20.6 Å². The zero-order valence-electron chi connectivity index (χ0n) is 8.91. The van der Waals surface area contributed by atoms with Crippen LogP contribution < -0.4 is 5.56 Å². The van der Waals surface area contributed by atoms with Crippen molar-refractivity contribution >= 4 is 5.97 Å². The largest absolute Gasteiger partial charge is 0.478 e. The molecule has 2 aromatic rings. The standard InChI is InChI=1S/C12H10N2O3/c15-11-4-3-10(12(16)17)8-14(11)7-9-2-1-5-13-6-9/h1-6,8H,7H2,(H,16,17). The van der Waals surface area contributed by atoms with E-state index in [9.17, 15) is 9.59 Å². The fourth-order valence-electron chi connectivity index (χ4n) is 1.47. The number of carboxylic acids is 1. The van der Waals surface area contributed by atoms with Gasteiger partial charge in [0.25, 0.3) is 5.56 Å². The Bertz CT molecular complexity index is 590. The fourth-order valence-corrected chi connectivity index (χ4v) is 1.47. The topological polar surface area (TPSA) is 72.2 Å². The molecule has 0 bridgehead atoms. The summed E-state index contributed by atoms with van der Waals surface area (Å²) in [5.74, 6) is -1.05. The van der Waals surface area contributed by atoms with Crippen LogP contribution in [0.1, 0.15) is 15.9 Å². The molecule has 0 aliphatic carbocycles. The van der Waals surface area contributed by atoms with Crippen LogP contribution in [0.2, 0.25) is 0 Å². The molecule has 0 aliphatic heterocycles. The van der Waals surface area contributed by atoms with E-state index in [1.165, 1.54) is 22.9 Å². The van der Waals surface area contributed by atoms with Crippen molar-refractivity contribution in [1.29, 1.82) is 0 Å². The molecular weight excluding hydrogens is 220 g/mol. The molecule has 0 amide bonds. The van der Waals surface area contributed by atoms with Crippen molar-refractivity contribution in [3.05, 3.63) is 64.3 Å². The van der Waals surface area contributed by atoms with Crippen molar-refractivity contribution in [2.24, 2.45) is 0 Å². The van der Waals surface area contributed by atoms with Crippen molar-refractivity contribution in [3.63, 3.8) is 0 Å². The maximum atomic E-state index is 11.5. The van der Waals surface area contributed by atoms with E-state index in [0.717, 1.165) is 5.56 Å². The van der Waals surface area contributed by atoms with Gasteiger partial charge in [-0.3, -0.25) is 9.78 Å². The maximum Gasteiger partial charge on any atom is 0.337 e. The highest BCUT2D eigenvalue weighted by atomic mass is 16.4. The highest BCUT2D eigenvalue weighted by molar-refractivity contribution is 5.87. The van der Waals surface area contributed by atoms with Gasteiger partial charge in [-0.05, 0) is 17.7 Å². The lowest BCUT2D eigenvalue weighted by Crippen LogP contribution is -2.20. The van der Waals surface area contributed by atoms with Gasteiger partial charge in [0.2, 0.25) is 0 Å². The third kappa shape index (κ3) is 2.57. The van der Waals surface area contributed by atoms with Crippen LogP contribution in [0, 0.1) is 0 Å². The summed E-state index contributed by atoms with van der Waals surface area (Å²) >= 11 is 0. The van der Waals surface area contributed by atoms with E-state index < -0.39 is 5.97 Å². The number of rotatable bonds is 3. The zero-order valence-corrected chi connectivity index (χ0v) is 8.91. The Hall–Kier alpha value is -2.43. The van der Waals surface area contributed by atoms with Crippen LogP contribution in [0.4, 0.5) is 0 Å². The molecule has 1 N–H and O–H groups in total. The fraction of sp³-hybridized carbons (Fsp3) is 0.0833. The number of nitrogens with zero attached hydrogens (tertiary/aromatic N) is 2. The lowest BCUT2D eigenvalue weighted by atomic mass is 10.2. The molecule has 86 valence electrons. The maximum absolute atomic E-state index is 11.5. The first-order valence-corrected chi connectivity index (χ1v) is 4.99. The third-order valence-corrected chi connectivity index (χ3v) is 2.31. The minimum absolute atomic E-state index is 0.0912. The van der Waals surface area contributed by atoms with Gasteiger partial charge >= 0.3 is 5.97 Å². The Morgan fingerprint density at radius 1 is 1.35 bits per heavy atom. The van der Waals surface area contributed by atoms with Gasteiger partial charge in [-0.2, -0.15) is 0 Å². The van der Waals surface area contributed by atoms with Crippen LogP contribution >= 0.6 is 0 Å². The molecule has 2 heterocycles. The van der Waals surface area contributed by atoms with Gasteiger partial charge < -0.3 is 9.67 Å². The van der Waals surface area contributed by atoms with E-state index in [2.05, 4.69) is 4.98 Å². The molecule has 0 unspecified atom stereocenters. The normalized spacial score (nSPS) is 10.1. The summed E-state index contributed by atoms with van der Waals surface area (Å²) in [6.45, 7) is 0.313. The average Bonchev–Trinajstić information content (AvgIpc) is 2.33.